The molecule has 1 nitrogen and oxygen atoms in total. The van der Waals surface area contributed by atoms with Crippen molar-refractivity contribution in [2.75, 3.05) is 19.6 Å². The number of halogens is 3. The molecule has 0 saturated carbocycles. The number of rotatable bonds is 9. The van der Waals surface area contributed by atoms with Gasteiger partial charge in [-0.05, 0) is 44.3 Å². The lowest BCUT2D eigenvalue weighted by molar-refractivity contribution is 0.261. The molecule has 0 aliphatic rings. The van der Waals surface area contributed by atoms with E-state index in [0.29, 0.717) is 11.8 Å². The van der Waals surface area contributed by atoms with Crippen LogP contribution in [0.5, 0.6) is 0 Å². The first-order valence-corrected chi connectivity index (χ1v) is 6.73. The normalized spacial score (nSPS) is 12.8. The lowest BCUT2D eigenvalue weighted by Gasteiger charge is -2.28. The second kappa shape index (κ2) is 7.87. The number of hydrogen-bond acceptors (Lipinski definition) is 1. The molecule has 0 aromatic rings. The quantitative estimate of drug-likeness (QED) is 0.560. The Morgan fingerprint density at radius 2 is 1.39 bits per heavy atom. The predicted octanol–water partition coefficient (Wildman–Crippen LogP) is 4.32. The van der Waals surface area contributed by atoms with Crippen LogP contribution >= 0.6 is 0 Å². The summed E-state index contributed by atoms with van der Waals surface area (Å²) < 4.78 is 37.6. The zero-order valence-electron chi connectivity index (χ0n) is 12.1. The van der Waals surface area contributed by atoms with Crippen molar-refractivity contribution in [1.82, 2.24) is 4.90 Å². The summed E-state index contributed by atoms with van der Waals surface area (Å²) in [5.41, 5.74) is -0.581. The fraction of sp³-hybridized carbons (Fsp3) is 0.846. The lowest BCUT2D eigenvalue weighted by atomic mass is 9.80. The van der Waals surface area contributed by atoms with E-state index in [0.717, 1.165) is 25.9 Å². The van der Waals surface area contributed by atoms with Gasteiger partial charge in [0.05, 0.1) is 0 Å². The fourth-order valence-electron chi connectivity index (χ4n) is 1.54. The highest BCUT2D eigenvalue weighted by Gasteiger charge is 2.27. The van der Waals surface area contributed by atoms with Crippen LogP contribution in [0.1, 0.15) is 40.5 Å². The van der Waals surface area contributed by atoms with Gasteiger partial charge in [-0.25, -0.2) is 0 Å². The summed E-state index contributed by atoms with van der Waals surface area (Å²) in [6, 6.07) is 0. The van der Waals surface area contributed by atoms with Crippen molar-refractivity contribution >= 4 is 6.98 Å². The highest BCUT2D eigenvalue weighted by atomic mass is 19.4. The van der Waals surface area contributed by atoms with Crippen LogP contribution in [0, 0.1) is 11.8 Å². The standard InChI is InChI=1S/C13H26BF3N/c1-11(2)6-8-18(9-7-12(3)4)10-13(5)14(15,16)17/h11-12H,5-10H2,1-4H3/q-1. The second-order valence-electron chi connectivity index (χ2n) is 5.87. The third kappa shape index (κ3) is 8.62. The van der Waals surface area contributed by atoms with E-state index in [1.165, 1.54) is 0 Å². The zero-order valence-corrected chi connectivity index (χ0v) is 12.1. The molecular weight excluding hydrogens is 238 g/mol. The van der Waals surface area contributed by atoms with E-state index in [1.807, 2.05) is 4.90 Å². The van der Waals surface area contributed by atoms with Gasteiger partial charge in [0.2, 0.25) is 0 Å². The molecule has 0 atom stereocenters. The van der Waals surface area contributed by atoms with Crippen LogP contribution in [0.3, 0.4) is 0 Å². The van der Waals surface area contributed by atoms with Crippen molar-refractivity contribution in [3.8, 4) is 0 Å². The molecule has 0 radical (unpaired) electrons. The molecule has 0 bridgehead atoms. The Morgan fingerprint density at radius 3 is 1.67 bits per heavy atom. The Bertz CT molecular complexity index is 237. The van der Waals surface area contributed by atoms with Crippen molar-refractivity contribution in [2.24, 2.45) is 11.8 Å². The van der Waals surface area contributed by atoms with Gasteiger partial charge in [0.15, 0.2) is 0 Å². The van der Waals surface area contributed by atoms with Crippen LogP contribution in [0.15, 0.2) is 12.1 Å². The Morgan fingerprint density at radius 1 is 1.00 bits per heavy atom. The van der Waals surface area contributed by atoms with Crippen molar-refractivity contribution in [1.29, 1.82) is 0 Å². The SMILES string of the molecule is C=C(CN(CCC(C)C)CCC(C)C)[B-](F)(F)F. The average Bonchev–Trinajstić information content (AvgIpc) is 2.19. The van der Waals surface area contributed by atoms with Crippen LogP contribution < -0.4 is 0 Å². The van der Waals surface area contributed by atoms with E-state index in [1.54, 1.807) is 0 Å². The van der Waals surface area contributed by atoms with Crippen LogP contribution in [0.4, 0.5) is 12.9 Å². The molecule has 0 amide bonds. The minimum atomic E-state index is -4.90. The summed E-state index contributed by atoms with van der Waals surface area (Å²) in [6.45, 7) is 8.02. The summed E-state index contributed by atoms with van der Waals surface area (Å²) in [5.74, 6) is 1.02. The highest BCUT2D eigenvalue weighted by Crippen LogP contribution is 2.20. The van der Waals surface area contributed by atoms with Gasteiger partial charge in [-0.2, -0.15) is 0 Å². The van der Waals surface area contributed by atoms with Crippen LogP contribution in [-0.4, -0.2) is 31.5 Å². The van der Waals surface area contributed by atoms with Gasteiger partial charge in [0, 0.05) is 0 Å². The van der Waals surface area contributed by atoms with Crippen LogP contribution in [-0.2, 0) is 0 Å². The third-order valence-electron chi connectivity index (χ3n) is 2.93. The second-order valence-corrected chi connectivity index (χ2v) is 5.87. The fourth-order valence-corrected chi connectivity index (χ4v) is 1.54. The molecule has 108 valence electrons. The van der Waals surface area contributed by atoms with Crippen molar-refractivity contribution in [3.63, 3.8) is 0 Å². The maximum atomic E-state index is 12.5. The van der Waals surface area contributed by atoms with Gasteiger partial charge in [-0.1, -0.05) is 27.7 Å². The maximum Gasteiger partial charge on any atom is 0.506 e. The molecule has 5 heteroatoms. The summed E-state index contributed by atoms with van der Waals surface area (Å²) in [7, 11) is 0. The Labute approximate surface area is 109 Å². The molecule has 0 aromatic heterocycles. The van der Waals surface area contributed by atoms with E-state index >= 15 is 0 Å². The van der Waals surface area contributed by atoms with Gasteiger partial charge in [0.25, 0.3) is 0 Å². The average molecular weight is 264 g/mol. The molecule has 0 aromatic carbocycles. The van der Waals surface area contributed by atoms with Gasteiger partial charge < -0.3 is 17.8 Å². The van der Waals surface area contributed by atoms with Crippen molar-refractivity contribution < 1.29 is 12.9 Å². The lowest BCUT2D eigenvalue weighted by Crippen LogP contribution is -2.35. The van der Waals surface area contributed by atoms with Crippen LogP contribution in [0.25, 0.3) is 0 Å². The predicted molar refractivity (Wildman–Crippen MR) is 73.6 cm³/mol. The largest absolute Gasteiger partial charge is 0.506 e. The minimum absolute atomic E-state index is 0.0388. The summed E-state index contributed by atoms with van der Waals surface area (Å²) in [6.07, 6.45) is 1.85. The van der Waals surface area contributed by atoms with Gasteiger partial charge in [-0.3, -0.25) is 0 Å². The topological polar surface area (TPSA) is 3.24 Å². The molecule has 0 rings (SSSR count). The van der Waals surface area contributed by atoms with Crippen molar-refractivity contribution in [3.05, 3.63) is 12.1 Å². The van der Waals surface area contributed by atoms with E-state index < -0.39 is 12.4 Å². The molecule has 0 heterocycles. The Kier molecular flexibility index (Phi) is 7.68. The Balaban J connectivity index is 4.32. The van der Waals surface area contributed by atoms with Gasteiger partial charge in [-0.15, -0.1) is 12.1 Å². The first-order valence-electron chi connectivity index (χ1n) is 6.73. The van der Waals surface area contributed by atoms with E-state index in [2.05, 4.69) is 34.3 Å². The summed E-state index contributed by atoms with van der Waals surface area (Å²) in [4.78, 5) is 1.89. The molecule has 0 aliphatic heterocycles. The smallest absolute Gasteiger partial charge is 0.445 e. The minimum Gasteiger partial charge on any atom is -0.445 e. The number of nitrogens with zero attached hydrogens (tertiary/aromatic N) is 1. The first-order chi connectivity index (χ1) is 8.12. The van der Waals surface area contributed by atoms with Gasteiger partial charge in [0.1, 0.15) is 0 Å². The maximum absolute atomic E-state index is 12.5. The monoisotopic (exact) mass is 264 g/mol. The summed E-state index contributed by atoms with van der Waals surface area (Å²) in [5, 5.41) is 0. The van der Waals surface area contributed by atoms with E-state index in [9.17, 15) is 12.9 Å². The van der Waals surface area contributed by atoms with Crippen molar-refractivity contribution in [2.45, 2.75) is 40.5 Å². The molecule has 0 N–H and O–H groups in total. The molecule has 0 spiro atoms. The zero-order chi connectivity index (χ0) is 14.3. The molecular formula is C13H26BF3N-. The molecule has 0 fully saturated rings. The van der Waals surface area contributed by atoms with Gasteiger partial charge >= 0.3 is 6.98 Å². The molecule has 18 heavy (non-hydrogen) atoms. The van der Waals surface area contributed by atoms with E-state index in [-0.39, 0.29) is 6.54 Å². The summed E-state index contributed by atoms with van der Waals surface area (Å²) >= 11 is 0. The molecule has 0 aliphatic carbocycles. The third-order valence-corrected chi connectivity index (χ3v) is 2.93. The van der Waals surface area contributed by atoms with E-state index in [4.69, 9.17) is 0 Å². The Hall–Kier alpha value is -0.445. The molecule has 0 saturated heterocycles. The number of hydrogen-bond donors (Lipinski definition) is 0. The highest BCUT2D eigenvalue weighted by molar-refractivity contribution is 6.66. The molecule has 0 unspecified atom stereocenters. The van der Waals surface area contributed by atoms with Crippen LogP contribution in [0.2, 0.25) is 0 Å². The first kappa shape index (κ1) is 17.6.